The van der Waals surface area contributed by atoms with Crippen molar-refractivity contribution in [2.24, 2.45) is 0 Å². The first kappa shape index (κ1) is 15.7. The van der Waals surface area contributed by atoms with E-state index in [1.807, 2.05) is 18.2 Å². The zero-order valence-corrected chi connectivity index (χ0v) is 13.2. The first-order valence-corrected chi connectivity index (χ1v) is 7.28. The fourth-order valence-corrected chi connectivity index (χ4v) is 2.98. The minimum absolute atomic E-state index is 0. The highest BCUT2D eigenvalue weighted by molar-refractivity contribution is 6.35. The summed E-state index contributed by atoms with van der Waals surface area (Å²) in [5.41, 5.74) is 3.44. The molecule has 1 unspecified atom stereocenters. The van der Waals surface area contributed by atoms with E-state index in [0.29, 0.717) is 11.1 Å². The first-order chi connectivity index (χ1) is 9.24. The van der Waals surface area contributed by atoms with Crippen molar-refractivity contribution in [3.63, 3.8) is 0 Å². The Hall–Kier alpha value is -0.730. The second-order valence-electron chi connectivity index (χ2n) is 4.90. The summed E-state index contributed by atoms with van der Waals surface area (Å²) < 4.78 is 0. The second-order valence-corrected chi connectivity index (χ2v) is 5.74. The van der Waals surface area contributed by atoms with Gasteiger partial charge in [0.15, 0.2) is 0 Å². The maximum Gasteiger partial charge on any atom is 0.0485 e. The first-order valence-electron chi connectivity index (χ1n) is 6.53. The molecule has 0 saturated carbocycles. The summed E-state index contributed by atoms with van der Waals surface area (Å²) in [6, 6.07) is 14.6. The molecule has 0 radical (unpaired) electrons. The van der Waals surface area contributed by atoms with Crippen molar-refractivity contribution in [2.45, 2.75) is 18.9 Å². The summed E-state index contributed by atoms with van der Waals surface area (Å²) in [4.78, 5) is 0. The minimum atomic E-state index is 0. The van der Waals surface area contributed by atoms with Crippen LogP contribution in [0.3, 0.4) is 0 Å². The molecule has 1 heterocycles. The molecule has 20 heavy (non-hydrogen) atoms. The van der Waals surface area contributed by atoms with Crippen LogP contribution in [0, 0.1) is 0 Å². The quantitative estimate of drug-likeness (QED) is 0.767. The number of hydrogen-bond acceptors (Lipinski definition) is 1. The molecule has 0 amide bonds. The van der Waals surface area contributed by atoms with Crippen LogP contribution in [0.15, 0.2) is 42.5 Å². The SMILES string of the molecule is Cl.Clc1ccc(Cl)c(-c2ccc(C3CCCN3)cc2)c1. The highest BCUT2D eigenvalue weighted by atomic mass is 35.5. The van der Waals surface area contributed by atoms with Gasteiger partial charge in [-0.25, -0.2) is 0 Å². The fourth-order valence-electron chi connectivity index (χ4n) is 2.58. The third-order valence-corrected chi connectivity index (χ3v) is 4.18. The molecule has 1 nitrogen and oxygen atoms in total. The molecule has 0 aromatic heterocycles. The van der Waals surface area contributed by atoms with Gasteiger partial charge in [-0.3, -0.25) is 0 Å². The average Bonchev–Trinajstić information content (AvgIpc) is 2.96. The maximum absolute atomic E-state index is 6.23. The second kappa shape index (κ2) is 6.82. The third kappa shape index (κ3) is 3.29. The van der Waals surface area contributed by atoms with Gasteiger partial charge in [0, 0.05) is 21.7 Å². The zero-order chi connectivity index (χ0) is 13.2. The van der Waals surface area contributed by atoms with Gasteiger partial charge in [0.1, 0.15) is 0 Å². The van der Waals surface area contributed by atoms with E-state index in [-0.39, 0.29) is 12.4 Å². The van der Waals surface area contributed by atoms with Gasteiger partial charge in [0.2, 0.25) is 0 Å². The Balaban J connectivity index is 0.00000147. The van der Waals surface area contributed by atoms with Gasteiger partial charge in [0.05, 0.1) is 0 Å². The smallest absolute Gasteiger partial charge is 0.0485 e. The Morgan fingerprint density at radius 1 is 1.00 bits per heavy atom. The van der Waals surface area contributed by atoms with E-state index in [1.54, 1.807) is 0 Å². The molecule has 1 aliphatic rings. The van der Waals surface area contributed by atoms with E-state index in [1.165, 1.54) is 18.4 Å². The van der Waals surface area contributed by atoms with Crippen LogP contribution in [0.4, 0.5) is 0 Å². The molecule has 0 aliphatic carbocycles. The van der Waals surface area contributed by atoms with Gasteiger partial charge in [-0.1, -0.05) is 47.5 Å². The summed E-state index contributed by atoms with van der Waals surface area (Å²) >= 11 is 12.3. The highest BCUT2D eigenvalue weighted by Crippen LogP contribution is 2.32. The Morgan fingerprint density at radius 3 is 2.40 bits per heavy atom. The predicted octanol–water partition coefficient (Wildman–Crippen LogP) is 5.51. The monoisotopic (exact) mass is 327 g/mol. The fraction of sp³-hybridized carbons (Fsp3) is 0.250. The summed E-state index contributed by atoms with van der Waals surface area (Å²) in [6.07, 6.45) is 2.48. The van der Waals surface area contributed by atoms with Crippen molar-refractivity contribution in [2.75, 3.05) is 6.54 Å². The van der Waals surface area contributed by atoms with Gasteiger partial charge < -0.3 is 5.32 Å². The predicted molar refractivity (Wildman–Crippen MR) is 89.1 cm³/mol. The van der Waals surface area contributed by atoms with Gasteiger partial charge in [-0.15, -0.1) is 12.4 Å². The van der Waals surface area contributed by atoms with E-state index in [9.17, 15) is 0 Å². The lowest BCUT2D eigenvalue weighted by Gasteiger charge is -2.12. The van der Waals surface area contributed by atoms with Crippen LogP contribution >= 0.6 is 35.6 Å². The van der Waals surface area contributed by atoms with Gasteiger partial charge in [0.25, 0.3) is 0 Å². The Labute approximate surface area is 135 Å². The Morgan fingerprint density at radius 2 is 1.75 bits per heavy atom. The van der Waals surface area contributed by atoms with E-state index < -0.39 is 0 Å². The molecule has 3 rings (SSSR count). The number of rotatable bonds is 2. The highest BCUT2D eigenvalue weighted by Gasteiger charge is 2.15. The molecule has 1 atom stereocenters. The number of nitrogens with one attached hydrogen (secondary N) is 1. The van der Waals surface area contributed by atoms with Gasteiger partial charge in [-0.05, 0) is 48.7 Å². The number of hydrogen-bond donors (Lipinski definition) is 1. The molecule has 4 heteroatoms. The normalized spacial score (nSPS) is 17.8. The number of halogens is 3. The molecule has 106 valence electrons. The largest absolute Gasteiger partial charge is 0.310 e. The molecule has 1 saturated heterocycles. The van der Waals surface area contributed by atoms with E-state index in [4.69, 9.17) is 23.2 Å². The molecular weight excluding hydrogens is 313 g/mol. The lowest BCUT2D eigenvalue weighted by molar-refractivity contribution is 0.648. The molecule has 0 spiro atoms. The van der Waals surface area contributed by atoms with E-state index in [2.05, 4.69) is 29.6 Å². The Bertz CT molecular complexity index is 575. The van der Waals surface area contributed by atoms with Crippen molar-refractivity contribution < 1.29 is 0 Å². The molecule has 2 aromatic carbocycles. The van der Waals surface area contributed by atoms with Crippen LogP contribution in [-0.4, -0.2) is 6.54 Å². The molecule has 2 aromatic rings. The van der Waals surface area contributed by atoms with Crippen LogP contribution in [0.2, 0.25) is 10.0 Å². The topological polar surface area (TPSA) is 12.0 Å². The van der Waals surface area contributed by atoms with Crippen LogP contribution in [0.5, 0.6) is 0 Å². The lowest BCUT2D eigenvalue weighted by Crippen LogP contribution is -2.12. The number of benzene rings is 2. The Kier molecular flexibility index (Phi) is 5.34. The summed E-state index contributed by atoms with van der Waals surface area (Å²) in [5, 5.41) is 4.95. The zero-order valence-electron chi connectivity index (χ0n) is 10.9. The standard InChI is InChI=1S/C16H15Cl2N.ClH/c17-13-7-8-15(18)14(10-13)11-3-5-12(6-4-11)16-2-1-9-19-16;/h3-8,10,16,19H,1-2,9H2;1H. The van der Waals surface area contributed by atoms with Crippen molar-refractivity contribution in [1.29, 1.82) is 0 Å². The molecule has 1 N–H and O–H groups in total. The van der Waals surface area contributed by atoms with Crippen LogP contribution in [0.25, 0.3) is 11.1 Å². The molecule has 1 aliphatic heterocycles. The van der Waals surface area contributed by atoms with Gasteiger partial charge >= 0.3 is 0 Å². The van der Waals surface area contributed by atoms with Crippen LogP contribution < -0.4 is 5.32 Å². The van der Waals surface area contributed by atoms with Crippen LogP contribution in [0.1, 0.15) is 24.4 Å². The maximum atomic E-state index is 6.23. The van der Waals surface area contributed by atoms with Crippen molar-refractivity contribution in [3.05, 3.63) is 58.1 Å². The van der Waals surface area contributed by atoms with Crippen molar-refractivity contribution >= 4 is 35.6 Å². The lowest BCUT2D eigenvalue weighted by atomic mass is 10.00. The molecular formula is C16H16Cl3N. The van der Waals surface area contributed by atoms with E-state index in [0.717, 1.165) is 22.7 Å². The minimum Gasteiger partial charge on any atom is -0.310 e. The van der Waals surface area contributed by atoms with Gasteiger partial charge in [-0.2, -0.15) is 0 Å². The van der Waals surface area contributed by atoms with Crippen molar-refractivity contribution in [3.8, 4) is 11.1 Å². The molecule has 1 fully saturated rings. The van der Waals surface area contributed by atoms with Crippen LogP contribution in [-0.2, 0) is 0 Å². The summed E-state index contributed by atoms with van der Waals surface area (Å²) in [5.74, 6) is 0. The third-order valence-electron chi connectivity index (χ3n) is 3.61. The summed E-state index contributed by atoms with van der Waals surface area (Å²) in [7, 11) is 0. The molecule has 0 bridgehead atoms. The van der Waals surface area contributed by atoms with Crippen molar-refractivity contribution in [1.82, 2.24) is 5.32 Å². The summed E-state index contributed by atoms with van der Waals surface area (Å²) in [6.45, 7) is 1.12. The van der Waals surface area contributed by atoms with E-state index >= 15 is 0 Å². The average molecular weight is 329 g/mol.